The van der Waals surface area contributed by atoms with Crippen molar-refractivity contribution in [1.82, 2.24) is 4.90 Å². The van der Waals surface area contributed by atoms with E-state index in [0.29, 0.717) is 25.5 Å². The lowest BCUT2D eigenvalue weighted by Gasteiger charge is -2.42. The Balaban J connectivity index is 1.42. The number of anilines is 1. The van der Waals surface area contributed by atoms with Gasteiger partial charge in [-0.15, -0.1) is 11.3 Å². The number of nitriles is 1. The molecule has 1 aliphatic carbocycles. The predicted molar refractivity (Wildman–Crippen MR) is 127 cm³/mol. The molecule has 0 N–H and O–H groups in total. The number of carbonyl (C=O) groups is 1. The highest BCUT2D eigenvalue weighted by Gasteiger charge is 2.37. The molecule has 5 nitrogen and oxygen atoms in total. The van der Waals surface area contributed by atoms with Gasteiger partial charge >= 0.3 is 0 Å². The molecule has 5 rings (SSSR count). The first kappa shape index (κ1) is 21.5. The van der Waals surface area contributed by atoms with Crippen LogP contribution < -0.4 is 4.90 Å². The minimum Gasteiger partial charge on any atom is -0.371 e. The van der Waals surface area contributed by atoms with Crippen LogP contribution in [0.25, 0.3) is 0 Å². The zero-order valence-electron chi connectivity index (χ0n) is 19.2. The first-order chi connectivity index (χ1) is 15.4. The van der Waals surface area contributed by atoms with Crippen molar-refractivity contribution in [1.29, 1.82) is 5.26 Å². The number of piperazine rings is 1. The average Bonchev–Trinajstić information content (AvgIpc) is 3.48. The van der Waals surface area contributed by atoms with E-state index in [2.05, 4.69) is 37.8 Å². The quantitative estimate of drug-likeness (QED) is 0.683. The van der Waals surface area contributed by atoms with Crippen molar-refractivity contribution in [3.05, 3.63) is 50.7 Å². The average molecular weight is 450 g/mol. The van der Waals surface area contributed by atoms with E-state index in [4.69, 9.17) is 4.74 Å². The maximum Gasteiger partial charge on any atom is 0.228 e. The first-order valence-corrected chi connectivity index (χ1v) is 12.5. The van der Waals surface area contributed by atoms with E-state index in [1.54, 1.807) is 11.3 Å². The van der Waals surface area contributed by atoms with E-state index >= 15 is 0 Å². The molecule has 1 aromatic heterocycles. The smallest absolute Gasteiger partial charge is 0.228 e. The molecule has 1 amide bonds. The van der Waals surface area contributed by atoms with Crippen molar-refractivity contribution in [2.45, 2.75) is 70.6 Å². The molecule has 168 valence electrons. The van der Waals surface area contributed by atoms with E-state index in [-0.39, 0.29) is 17.6 Å². The zero-order valence-corrected chi connectivity index (χ0v) is 20.0. The molecule has 0 radical (unpaired) electrons. The lowest BCUT2D eigenvalue weighted by Crippen LogP contribution is -2.54. The largest absolute Gasteiger partial charge is 0.371 e. The summed E-state index contributed by atoms with van der Waals surface area (Å²) in [5.41, 5.74) is 5.44. The molecule has 2 fully saturated rings. The van der Waals surface area contributed by atoms with Gasteiger partial charge in [-0.2, -0.15) is 5.26 Å². The van der Waals surface area contributed by atoms with Crippen LogP contribution in [0.5, 0.6) is 0 Å². The summed E-state index contributed by atoms with van der Waals surface area (Å²) in [4.78, 5) is 18.4. The number of thiophene rings is 1. The summed E-state index contributed by atoms with van der Waals surface area (Å²) < 4.78 is 6.13. The van der Waals surface area contributed by atoms with Gasteiger partial charge in [-0.25, -0.2) is 0 Å². The topological polar surface area (TPSA) is 56.6 Å². The lowest BCUT2D eigenvalue weighted by atomic mass is 9.84. The molecule has 3 aliphatic rings. The summed E-state index contributed by atoms with van der Waals surface area (Å²) >= 11 is 1.64. The van der Waals surface area contributed by atoms with Crippen molar-refractivity contribution in [3.63, 3.8) is 0 Å². The standard InChI is InChI=1S/C26H31N3O2S/c1-17-15-28(8-9-29(17)25(30)11-19-5-4-10-32-19)24-12-20(18-6-7-18)23-16-31-26(2,3)13-21(23)22(24)14-27/h4-5,10,12,17-18H,6-9,11,13,15-16H2,1-3H3/t17-/m1/s1. The summed E-state index contributed by atoms with van der Waals surface area (Å²) in [5, 5.41) is 12.2. The Hall–Kier alpha value is -2.36. The van der Waals surface area contributed by atoms with Crippen LogP contribution in [0.1, 0.15) is 66.7 Å². The number of benzene rings is 1. The van der Waals surface area contributed by atoms with Gasteiger partial charge in [-0.1, -0.05) is 6.07 Å². The van der Waals surface area contributed by atoms with Crippen LogP contribution in [0.4, 0.5) is 5.69 Å². The molecule has 1 saturated carbocycles. The normalized spacial score (nSPS) is 22.4. The van der Waals surface area contributed by atoms with Gasteiger partial charge in [0.05, 0.1) is 29.9 Å². The lowest BCUT2D eigenvalue weighted by molar-refractivity contribution is -0.132. The molecule has 1 aromatic carbocycles. The Morgan fingerprint density at radius 2 is 2.12 bits per heavy atom. The molecular weight excluding hydrogens is 418 g/mol. The second-order valence-corrected chi connectivity index (χ2v) is 11.1. The molecule has 1 saturated heterocycles. The van der Waals surface area contributed by atoms with Gasteiger partial charge in [-0.05, 0) is 73.7 Å². The van der Waals surface area contributed by atoms with Gasteiger partial charge < -0.3 is 14.5 Å². The summed E-state index contributed by atoms with van der Waals surface area (Å²) in [6, 6.07) is 8.96. The Morgan fingerprint density at radius 3 is 2.78 bits per heavy atom. The molecule has 1 atom stereocenters. The monoisotopic (exact) mass is 449 g/mol. The van der Waals surface area contributed by atoms with E-state index in [1.165, 1.54) is 29.5 Å². The third-order valence-electron chi connectivity index (χ3n) is 7.10. The molecule has 0 spiro atoms. The Kier molecular flexibility index (Phi) is 5.51. The van der Waals surface area contributed by atoms with Gasteiger partial charge in [0.1, 0.15) is 6.07 Å². The van der Waals surface area contributed by atoms with E-state index < -0.39 is 0 Å². The highest BCUT2D eigenvalue weighted by atomic mass is 32.1. The summed E-state index contributed by atoms with van der Waals surface area (Å²) in [5.74, 6) is 0.800. The van der Waals surface area contributed by atoms with Crippen molar-refractivity contribution < 1.29 is 9.53 Å². The van der Waals surface area contributed by atoms with Crippen LogP contribution in [-0.2, 0) is 29.0 Å². The van der Waals surface area contributed by atoms with Gasteiger partial charge in [-0.3, -0.25) is 4.79 Å². The fraction of sp³-hybridized carbons (Fsp3) is 0.538. The Morgan fingerprint density at radius 1 is 1.31 bits per heavy atom. The van der Waals surface area contributed by atoms with Gasteiger partial charge in [0, 0.05) is 37.0 Å². The molecular formula is C26H31N3O2S. The number of fused-ring (bicyclic) bond motifs is 1. The second-order valence-electron chi connectivity index (χ2n) is 10.1. The van der Waals surface area contributed by atoms with Gasteiger partial charge in [0.15, 0.2) is 0 Å². The van der Waals surface area contributed by atoms with Crippen LogP contribution in [0.3, 0.4) is 0 Å². The third-order valence-corrected chi connectivity index (χ3v) is 7.97. The van der Waals surface area contributed by atoms with E-state index in [9.17, 15) is 10.1 Å². The molecule has 32 heavy (non-hydrogen) atoms. The van der Waals surface area contributed by atoms with Crippen molar-refractivity contribution in [2.24, 2.45) is 0 Å². The fourth-order valence-electron chi connectivity index (χ4n) is 5.24. The Labute approximate surface area is 194 Å². The predicted octanol–water partition coefficient (Wildman–Crippen LogP) is 4.63. The number of amides is 1. The maximum absolute atomic E-state index is 12.9. The molecule has 3 heterocycles. The summed E-state index contributed by atoms with van der Waals surface area (Å²) in [7, 11) is 0. The highest BCUT2D eigenvalue weighted by Crippen LogP contribution is 2.47. The molecule has 0 unspecified atom stereocenters. The van der Waals surface area contributed by atoms with Gasteiger partial charge in [0.2, 0.25) is 5.91 Å². The number of nitrogens with zero attached hydrogens (tertiary/aromatic N) is 3. The van der Waals surface area contributed by atoms with Crippen LogP contribution in [0, 0.1) is 11.3 Å². The summed E-state index contributed by atoms with van der Waals surface area (Å²) in [6.07, 6.45) is 3.70. The minimum atomic E-state index is -0.252. The minimum absolute atomic E-state index is 0.114. The third kappa shape index (κ3) is 4.04. The molecule has 2 aromatic rings. The number of hydrogen-bond donors (Lipinski definition) is 0. The van der Waals surface area contributed by atoms with Crippen LogP contribution in [0.15, 0.2) is 23.6 Å². The van der Waals surface area contributed by atoms with Gasteiger partial charge in [0.25, 0.3) is 0 Å². The van der Waals surface area contributed by atoms with E-state index in [1.807, 2.05) is 22.4 Å². The van der Waals surface area contributed by atoms with Crippen LogP contribution >= 0.6 is 11.3 Å². The van der Waals surface area contributed by atoms with Crippen LogP contribution in [-0.4, -0.2) is 42.1 Å². The van der Waals surface area contributed by atoms with Crippen molar-refractivity contribution in [2.75, 3.05) is 24.5 Å². The number of carbonyl (C=O) groups excluding carboxylic acids is 1. The maximum atomic E-state index is 12.9. The number of rotatable bonds is 4. The zero-order chi connectivity index (χ0) is 22.5. The molecule has 6 heteroatoms. The SMILES string of the molecule is C[C@@H]1CN(c2cc(C3CC3)c3c(c2C#N)CC(C)(C)OC3)CCN1C(=O)Cc1cccs1. The molecule has 0 bridgehead atoms. The van der Waals surface area contributed by atoms with E-state index in [0.717, 1.165) is 35.6 Å². The van der Waals surface area contributed by atoms with Crippen molar-refractivity contribution >= 4 is 22.9 Å². The number of ether oxygens (including phenoxy) is 1. The van der Waals surface area contributed by atoms with Crippen LogP contribution in [0.2, 0.25) is 0 Å². The second kappa shape index (κ2) is 8.20. The molecule has 2 aliphatic heterocycles. The number of hydrogen-bond acceptors (Lipinski definition) is 5. The van der Waals surface area contributed by atoms with Crippen molar-refractivity contribution in [3.8, 4) is 6.07 Å². The highest BCUT2D eigenvalue weighted by molar-refractivity contribution is 7.10. The summed E-state index contributed by atoms with van der Waals surface area (Å²) in [6.45, 7) is 9.17. The Bertz CT molecular complexity index is 1070. The fourth-order valence-corrected chi connectivity index (χ4v) is 5.94. The first-order valence-electron chi connectivity index (χ1n) is 11.7.